The van der Waals surface area contributed by atoms with Crippen molar-refractivity contribution in [1.29, 1.82) is 0 Å². The normalized spacial score (nSPS) is 11.2. The number of carbonyl (C=O) groups is 1. The van der Waals surface area contributed by atoms with Crippen LogP contribution >= 0.6 is 0 Å². The molecule has 1 amide bonds. The number of nitrogens with two attached hydrogens (primary N) is 1. The number of nitrogen functional groups attached to an aromatic ring is 1. The fourth-order valence-electron chi connectivity index (χ4n) is 1.66. The summed E-state index contributed by atoms with van der Waals surface area (Å²) >= 11 is 0. The van der Waals surface area contributed by atoms with E-state index >= 15 is 0 Å². The Hall–Kier alpha value is -2.57. The minimum atomic E-state index is -4.50. The number of alkyl halides is 3. The van der Waals surface area contributed by atoms with Crippen molar-refractivity contribution in [2.24, 2.45) is 0 Å². The van der Waals surface area contributed by atoms with E-state index in [0.717, 1.165) is 24.3 Å². The second kappa shape index (κ2) is 5.43. The van der Waals surface area contributed by atoms with Gasteiger partial charge in [-0.1, -0.05) is 6.07 Å². The Bertz CT molecular complexity index is 683. The summed E-state index contributed by atoms with van der Waals surface area (Å²) in [5.41, 5.74) is 4.27. The fraction of sp³-hybridized carbons (Fsp3) is 0.0714. The third-order valence-electron chi connectivity index (χ3n) is 2.71. The lowest BCUT2D eigenvalue weighted by Crippen LogP contribution is -2.13. The topological polar surface area (TPSA) is 55.1 Å². The van der Waals surface area contributed by atoms with Crippen LogP contribution in [-0.4, -0.2) is 5.91 Å². The molecule has 0 aliphatic carbocycles. The molecule has 0 saturated carbocycles. The van der Waals surface area contributed by atoms with Gasteiger partial charge >= 0.3 is 6.18 Å². The van der Waals surface area contributed by atoms with E-state index < -0.39 is 23.5 Å². The standard InChI is InChI=1S/C14H10F4N2O/c15-11-5-4-8(6-12(11)19)13(21)20-10-3-1-2-9(7-10)14(16,17)18/h1-7H,19H2,(H,20,21). The van der Waals surface area contributed by atoms with Crippen LogP contribution in [0.25, 0.3) is 0 Å². The van der Waals surface area contributed by atoms with Crippen LogP contribution in [0.1, 0.15) is 15.9 Å². The molecule has 0 aliphatic heterocycles. The maximum Gasteiger partial charge on any atom is 0.416 e. The second-order valence-corrected chi connectivity index (χ2v) is 4.27. The van der Waals surface area contributed by atoms with Gasteiger partial charge < -0.3 is 11.1 Å². The average Bonchev–Trinajstić information content (AvgIpc) is 2.41. The molecule has 0 fully saturated rings. The van der Waals surface area contributed by atoms with Gasteiger partial charge in [0.15, 0.2) is 0 Å². The number of hydrogen-bond acceptors (Lipinski definition) is 2. The Kier molecular flexibility index (Phi) is 3.84. The average molecular weight is 298 g/mol. The maximum absolute atomic E-state index is 13.0. The predicted octanol–water partition coefficient (Wildman–Crippen LogP) is 3.68. The smallest absolute Gasteiger partial charge is 0.396 e. The van der Waals surface area contributed by atoms with Crippen LogP contribution in [0.2, 0.25) is 0 Å². The zero-order chi connectivity index (χ0) is 15.6. The molecule has 0 spiro atoms. The van der Waals surface area contributed by atoms with E-state index in [1.807, 2.05) is 0 Å². The summed E-state index contributed by atoms with van der Waals surface area (Å²) in [5.74, 6) is -1.35. The molecule has 0 unspecified atom stereocenters. The van der Waals surface area contributed by atoms with Gasteiger partial charge in [-0.05, 0) is 36.4 Å². The van der Waals surface area contributed by atoms with Crippen molar-refractivity contribution in [2.75, 3.05) is 11.1 Å². The summed E-state index contributed by atoms with van der Waals surface area (Å²) in [5, 5.41) is 2.30. The number of hydrogen-bond donors (Lipinski definition) is 2. The lowest BCUT2D eigenvalue weighted by molar-refractivity contribution is -0.137. The maximum atomic E-state index is 13.0. The molecule has 0 saturated heterocycles. The van der Waals surface area contributed by atoms with Gasteiger partial charge in [-0.15, -0.1) is 0 Å². The Balaban J connectivity index is 2.21. The highest BCUT2D eigenvalue weighted by atomic mass is 19.4. The molecular weight excluding hydrogens is 288 g/mol. The van der Waals surface area contributed by atoms with Crippen LogP contribution in [0.5, 0.6) is 0 Å². The van der Waals surface area contributed by atoms with Crippen LogP contribution in [-0.2, 0) is 6.18 Å². The summed E-state index contributed by atoms with van der Waals surface area (Å²) in [4.78, 5) is 11.9. The van der Waals surface area contributed by atoms with E-state index in [1.165, 1.54) is 18.2 Å². The number of benzene rings is 2. The lowest BCUT2D eigenvalue weighted by Gasteiger charge is -2.10. The third kappa shape index (κ3) is 3.50. The summed E-state index contributed by atoms with van der Waals surface area (Å²) in [7, 11) is 0. The SMILES string of the molecule is Nc1cc(C(=O)Nc2cccc(C(F)(F)F)c2)ccc1F. The van der Waals surface area contributed by atoms with Crippen molar-refractivity contribution in [3.8, 4) is 0 Å². The van der Waals surface area contributed by atoms with Crippen LogP contribution in [0.4, 0.5) is 28.9 Å². The summed E-state index contributed by atoms with van der Waals surface area (Å²) in [6.07, 6.45) is -4.50. The fourth-order valence-corrected chi connectivity index (χ4v) is 1.66. The molecule has 0 heterocycles. The van der Waals surface area contributed by atoms with E-state index in [0.29, 0.717) is 0 Å². The van der Waals surface area contributed by atoms with E-state index in [9.17, 15) is 22.4 Å². The number of carbonyl (C=O) groups excluding carboxylic acids is 1. The summed E-state index contributed by atoms with van der Waals surface area (Å²) in [6, 6.07) is 7.51. The van der Waals surface area contributed by atoms with Gasteiger partial charge in [0.2, 0.25) is 0 Å². The zero-order valence-electron chi connectivity index (χ0n) is 10.5. The molecule has 2 aromatic rings. The first-order valence-corrected chi connectivity index (χ1v) is 5.81. The number of rotatable bonds is 2. The largest absolute Gasteiger partial charge is 0.416 e. The van der Waals surface area contributed by atoms with Crippen molar-refractivity contribution >= 4 is 17.3 Å². The highest BCUT2D eigenvalue weighted by molar-refractivity contribution is 6.04. The van der Waals surface area contributed by atoms with Gasteiger partial charge in [0.05, 0.1) is 11.3 Å². The molecule has 2 aromatic carbocycles. The third-order valence-corrected chi connectivity index (χ3v) is 2.71. The van der Waals surface area contributed by atoms with E-state index in [1.54, 1.807) is 0 Å². The molecule has 0 aromatic heterocycles. The molecule has 21 heavy (non-hydrogen) atoms. The van der Waals surface area contributed by atoms with Crippen molar-refractivity contribution in [1.82, 2.24) is 0 Å². The quantitative estimate of drug-likeness (QED) is 0.656. The minimum Gasteiger partial charge on any atom is -0.396 e. The first-order valence-electron chi connectivity index (χ1n) is 5.81. The van der Waals surface area contributed by atoms with Gasteiger partial charge in [0.1, 0.15) is 5.82 Å². The van der Waals surface area contributed by atoms with Gasteiger partial charge in [-0.3, -0.25) is 4.79 Å². The van der Waals surface area contributed by atoms with E-state index in [2.05, 4.69) is 5.32 Å². The Labute approximate surface area is 117 Å². The van der Waals surface area contributed by atoms with Crippen LogP contribution in [0.15, 0.2) is 42.5 Å². The first kappa shape index (κ1) is 14.8. The van der Waals surface area contributed by atoms with Gasteiger partial charge in [-0.25, -0.2) is 4.39 Å². The number of nitrogens with one attached hydrogen (secondary N) is 1. The molecule has 0 radical (unpaired) electrons. The van der Waals surface area contributed by atoms with E-state index in [4.69, 9.17) is 5.73 Å². The molecule has 2 rings (SSSR count). The number of anilines is 2. The van der Waals surface area contributed by atoms with Gasteiger partial charge in [0, 0.05) is 11.3 Å². The second-order valence-electron chi connectivity index (χ2n) is 4.27. The van der Waals surface area contributed by atoms with Gasteiger partial charge in [0.25, 0.3) is 5.91 Å². The molecule has 0 atom stereocenters. The van der Waals surface area contributed by atoms with Gasteiger partial charge in [-0.2, -0.15) is 13.2 Å². The molecule has 110 valence electrons. The van der Waals surface area contributed by atoms with E-state index in [-0.39, 0.29) is 16.9 Å². The van der Waals surface area contributed by atoms with Crippen LogP contribution in [0, 0.1) is 5.82 Å². The lowest BCUT2D eigenvalue weighted by atomic mass is 10.1. The highest BCUT2D eigenvalue weighted by Gasteiger charge is 2.30. The molecule has 3 nitrogen and oxygen atoms in total. The number of halogens is 4. The van der Waals surface area contributed by atoms with Crippen molar-refractivity contribution in [3.05, 3.63) is 59.4 Å². The summed E-state index contributed by atoms with van der Waals surface area (Å²) in [6.45, 7) is 0. The molecule has 3 N–H and O–H groups in total. The highest BCUT2D eigenvalue weighted by Crippen LogP contribution is 2.30. The Morgan fingerprint density at radius 2 is 1.81 bits per heavy atom. The first-order chi connectivity index (χ1) is 9.77. The Morgan fingerprint density at radius 3 is 2.43 bits per heavy atom. The van der Waals surface area contributed by atoms with Crippen molar-refractivity contribution in [2.45, 2.75) is 6.18 Å². The molecular formula is C14H10F4N2O. The molecule has 7 heteroatoms. The minimum absolute atomic E-state index is 0.0160. The van der Waals surface area contributed by atoms with Crippen LogP contribution in [0.3, 0.4) is 0 Å². The Morgan fingerprint density at radius 1 is 1.10 bits per heavy atom. The molecule has 0 aliphatic rings. The molecule has 0 bridgehead atoms. The predicted molar refractivity (Wildman–Crippen MR) is 70.2 cm³/mol. The monoisotopic (exact) mass is 298 g/mol. The van der Waals surface area contributed by atoms with Crippen LogP contribution < -0.4 is 11.1 Å². The van der Waals surface area contributed by atoms with Crippen molar-refractivity contribution < 1.29 is 22.4 Å². The van der Waals surface area contributed by atoms with Crippen molar-refractivity contribution in [3.63, 3.8) is 0 Å². The summed E-state index contributed by atoms with van der Waals surface area (Å²) < 4.78 is 50.7. The number of amides is 1. The zero-order valence-corrected chi connectivity index (χ0v) is 10.5.